The normalized spacial score (nSPS) is 12.8. The minimum absolute atomic E-state index is 0.0895. The fourth-order valence-electron chi connectivity index (χ4n) is 6.44. The maximum atomic E-state index is 12.7. The third-order valence-electron chi connectivity index (χ3n) is 10.1. The lowest BCUT2D eigenvalue weighted by Crippen LogP contribution is -2.30. The molecule has 0 fully saturated rings. The summed E-state index contributed by atoms with van der Waals surface area (Å²) in [5.41, 5.74) is 0. The van der Waals surface area contributed by atoms with E-state index in [1.165, 1.54) is 44.9 Å². The number of hydrogen-bond donors (Lipinski definition) is 0. The van der Waals surface area contributed by atoms with Crippen LogP contribution in [0.3, 0.4) is 0 Å². The number of rotatable bonds is 43. The maximum absolute atomic E-state index is 12.7. The molecule has 0 N–H and O–H groups in total. The zero-order chi connectivity index (χ0) is 43.7. The van der Waals surface area contributed by atoms with Gasteiger partial charge in [-0.25, -0.2) is 0 Å². The molecule has 0 saturated heterocycles. The molecule has 0 aromatic carbocycles. The van der Waals surface area contributed by atoms with Gasteiger partial charge in [-0.15, -0.1) is 0 Å². The highest BCUT2D eigenvalue weighted by Gasteiger charge is 2.19. The molecular formula is C54H90O6. The predicted molar refractivity (Wildman–Crippen MR) is 256 cm³/mol. The molecule has 0 aromatic heterocycles. The van der Waals surface area contributed by atoms with E-state index in [1.807, 2.05) is 0 Å². The summed E-state index contributed by atoms with van der Waals surface area (Å²) < 4.78 is 16.6. The van der Waals surface area contributed by atoms with Crippen molar-refractivity contribution in [3.63, 3.8) is 0 Å². The van der Waals surface area contributed by atoms with E-state index in [2.05, 4.69) is 106 Å². The Morgan fingerprint density at radius 1 is 0.350 bits per heavy atom. The Hall–Kier alpha value is -3.41. The number of ether oxygens (including phenoxy) is 3. The van der Waals surface area contributed by atoms with Crippen LogP contribution in [0, 0.1) is 0 Å². The van der Waals surface area contributed by atoms with E-state index >= 15 is 0 Å². The van der Waals surface area contributed by atoms with E-state index in [1.54, 1.807) is 0 Å². The van der Waals surface area contributed by atoms with Gasteiger partial charge >= 0.3 is 17.9 Å². The fourth-order valence-corrected chi connectivity index (χ4v) is 6.44. The Bertz CT molecular complexity index is 1190. The van der Waals surface area contributed by atoms with Crippen LogP contribution in [0.2, 0.25) is 0 Å². The van der Waals surface area contributed by atoms with Crippen LogP contribution in [0.5, 0.6) is 0 Å². The Morgan fingerprint density at radius 3 is 1.05 bits per heavy atom. The van der Waals surface area contributed by atoms with Gasteiger partial charge in [-0.05, 0) is 96.3 Å². The number of unbranched alkanes of at least 4 members (excludes halogenated alkanes) is 18. The molecule has 0 spiro atoms. The molecule has 0 radical (unpaired) electrons. The highest BCUT2D eigenvalue weighted by molar-refractivity contribution is 5.71. The molecule has 6 heteroatoms. The molecule has 0 rings (SSSR count). The third-order valence-corrected chi connectivity index (χ3v) is 10.1. The summed E-state index contributed by atoms with van der Waals surface area (Å²) in [6.45, 7) is 6.39. The van der Waals surface area contributed by atoms with E-state index in [-0.39, 0.29) is 31.1 Å². The number of carbonyl (C=O) groups excluding carboxylic acids is 3. The van der Waals surface area contributed by atoms with Crippen molar-refractivity contribution in [1.82, 2.24) is 0 Å². The van der Waals surface area contributed by atoms with E-state index in [0.717, 1.165) is 135 Å². The summed E-state index contributed by atoms with van der Waals surface area (Å²) in [6.07, 6.45) is 61.5. The van der Waals surface area contributed by atoms with Crippen molar-refractivity contribution in [2.75, 3.05) is 13.2 Å². The molecular weight excluding hydrogens is 745 g/mol. The first-order valence-electron chi connectivity index (χ1n) is 24.6. The molecule has 0 heterocycles. The van der Waals surface area contributed by atoms with Gasteiger partial charge in [0.25, 0.3) is 0 Å². The molecule has 0 bridgehead atoms. The van der Waals surface area contributed by atoms with Crippen molar-refractivity contribution in [2.24, 2.45) is 0 Å². The standard InChI is InChI=1S/C54H90O6/c1-4-7-10-13-16-18-20-22-24-25-26-27-28-29-31-32-34-36-38-41-44-47-53(56)59-50-51(49-58-52(55)46-43-40-15-12-9-6-3)60-54(57)48-45-42-39-37-35-33-30-23-21-19-17-14-11-8-5-2/h7,10,16-19,22-24,26-27,29-31,51H,4-6,8-9,11-15,20-21,25,28,32-50H2,1-3H3/b10-7-,18-16-,19-17-,24-22-,27-26-,30-23-,31-29-. The van der Waals surface area contributed by atoms with Gasteiger partial charge in [0.1, 0.15) is 13.2 Å². The molecule has 60 heavy (non-hydrogen) atoms. The summed E-state index contributed by atoms with van der Waals surface area (Å²) >= 11 is 0. The van der Waals surface area contributed by atoms with Gasteiger partial charge in [0.2, 0.25) is 0 Å². The summed E-state index contributed by atoms with van der Waals surface area (Å²) in [5.74, 6) is -0.937. The second-order valence-corrected chi connectivity index (χ2v) is 16.0. The lowest BCUT2D eigenvalue weighted by molar-refractivity contribution is -0.167. The average molecular weight is 835 g/mol. The highest BCUT2D eigenvalue weighted by atomic mass is 16.6. The van der Waals surface area contributed by atoms with Gasteiger partial charge in [-0.3, -0.25) is 14.4 Å². The van der Waals surface area contributed by atoms with Crippen molar-refractivity contribution >= 4 is 17.9 Å². The van der Waals surface area contributed by atoms with Crippen LogP contribution in [-0.4, -0.2) is 37.2 Å². The van der Waals surface area contributed by atoms with Crippen LogP contribution in [-0.2, 0) is 28.6 Å². The van der Waals surface area contributed by atoms with E-state index in [0.29, 0.717) is 19.3 Å². The van der Waals surface area contributed by atoms with Gasteiger partial charge in [0.05, 0.1) is 0 Å². The Kier molecular flexibility index (Phi) is 45.5. The van der Waals surface area contributed by atoms with Crippen LogP contribution in [0.1, 0.15) is 220 Å². The van der Waals surface area contributed by atoms with E-state index in [9.17, 15) is 14.4 Å². The van der Waals surface area contributed by atoms with Crippen LogP contribution in [0.4, 0.5) is 0 Å². The van der Waals surface area contributed by atoms with Crippen molar-refractivity contribution < 1.29 is 28.6 Å². The monoisotopic (exact) mass is 835 g/mol. The minimum atomic E-state index is -0.788. The first kappa shape index (κ1) is 56.6. The molecule has 1 unspecified atom stereocenters. The van der Waals surface area contributed by atoms with Gasteiger partial charge in [-0.1, -0.05) is 189 Å². The molecule has 1 atom stereocenters. The van der Waals surface area contributed by atoms with Crippen LogP contribution in [0.25, 0.3) is 0 Å². The van der Waals surface area contributed by atoms with Crippen LogP contribution in [0.15, 0.2) is 85.1 Å². The summed E-state index contributed by atoms with van der Waals surface area (Å²) in [5, 5.41) is 0. The van der Waals surface area contributed by atoms with Crippen molar-refractivity contribution in [1.29, 1.82) is 0 Å². The SMILES string of the molecule is CC/C=C\C/C=C\C/C=C\C/C=C\C/C=C\CCCCCCCC(=O)OCC(COC(=O)CCCCCCCC)OC(=O)CCCCCCC/C=C\C/C=C\CCCCC. The van der Waals surface area contributed by atoms with Crippen molar-refractivity contribution in [3.05, 3.63) is 85.1 Å². The molecule has 342 valence electrons. The quantitative estimate of drug-likeness (QED) is 0.0263. The molecule has 6 nitrogen and oxygen atoms in total. The Balaban J connectivity index is 4.30. The van der Waals surface area contributed by atoms with Crippen LogP contribution < -0.4 is 0 Å². The summed E-state index contributed by atoms with van der Waals surface area (Å²) in [7, 11) is 0. The second kappa shape index (κ2) is 48.3. The zero-order valence-electron chi connectivity index (χ0n) is 38.9. The van der Waals surface area contributed by atoms with Gasteiger partial charge in [-0.2, -0.15) is 0 Å². The smallest absolute Gasteiger partial charge is 0.306 e. The lowest BCUT2D eigenvalue weighted by Gasteiger charge is -2.18. The third kappa shape index (κ3) is 45.7. The predicted octanol–water partition coefficient (Wildman–Crippen LogP) is 16.0. The van der Waals surface area contributed by atoms with E-state index < -0.39 is 6.10 Å². The first-order chi connectivity index (χ1) is 29.5. The van der Waals surface area contributed by atoms with Gasteiger partial charge in [0.15, 0.2) is 6.10 Å². The molecule has 0 aromatic rings. The molecule has 0 saturated carbocycles. The van der Waals surface area contributed by atoms with Gasteiger partial charge in [0, 0.05) is 19.3 Å². The fraction of sp³-hybridized carbons (Fsp3) is 0.685. The largest absolute Gasteiger partial charge is 0.462 e. The molecule has 0 amide bonds. The first-order valence-corrected chi connectivity index (χ1v) is 24.6. The summed E-state index contributed by atoms with van der Waals surface area (Å²) in [6, 6.07) is 0. The van der Waals surface area contributed by atoms with Crippen molar-refractivity contribution in [3.8, 4) is 0 Å². The molecule has 0 aliphatic heterocycles. The maximum Gasteiger partial charge on any atom is 0.306 e. The van der Waals surface area contributed by atoms with E-state index in [4.69, 9.17) is 14.2 Å². The minimum Gasteiger partial charge on any atom is -0.462 e. The van der Waals surface area contributed by atoms with Gasteiger partial charge < -0.3 is 14.2 Å². The number of hydrogen-bond acceptors (Lipinski definition) is 6. The second-order valence-electron chi connectivity index (χ2n) is 16.0. The Morgan fingerprint density at radius 2 is 0.650 bits per heavy atom. The Labute approximate surface area is 369 Å². The van der Waals surface area contributed by atoms with Crippen molar-refractivity contribution in [2.45, 2.75) is 226 Å². The molecule has 0 aliphatic carbocycles. The highest BCUT2D eigenvalue weighted by Crippen LogP contribution is 2.13. The summed E-state index contributed by atoms with van der Waals surface area (Å²) in [4.78, 5) is 37.7. The number of allylic oxidation sites excluding steroid dienone is 14. The topological polar surface area (TPSA) is 78.9 Å². The number of esters is 3. The molecule has 0 aliphatic rings. The average Bonchev–Trinajstić information content (AvgIpc) is 3.24. The number of carbonyl (C=O) groups is 3. The lowest BCUT2D eigenvalue weighted by atomic mass is 10.1. The van der Waals surface area contributed by atoms with Crippen LogP contribution >= 0.6 is 0 Å². The zero-order valence-corrected chi connectivity index (χ0v) is 38.9.